The summed E-state index contributed by atoms with van der Waals surface area (Å²) >= 11 is 0. The lowest BCUT2D eigenvalue weighted by Gasteiger charge is -1.85. The van der Waals surface area contributed by atoms with Crippen molar-refractivity contribution in [3.63, 3.8) is 0 Å². The monoisotopic (exact) mass is 130 g/mol. The molecule has 0 aromatic carbocycles. The van der Waals surface area contributed by atoms with E-state index in [1.165, 1.54) is 12.8 Å². The van der Waals surface area contributed by atoms with Gasteiger partial charge in [0.2, 0.25) is 0 Å². The quantitative estimate of drug-likeness (QED) is 0.440. The number of allylic oxidation sites excluding steroid dienone is 1. The van der Waals surface area contributed by atoms with Crippen molar-refractivity contribution >= 4 is 9.76 Å². The van der Waals surface area contributed by atoms with Crippen LogP contribution in [0.3, 0.4) is 0 Å². The van der Waals surface area contributed by atoms with E-state index < -0.39 is 9.76 Å². The third-order valence-electron chi connectivity index (χ3n) is 0.996. The SMILES string of the molecule is CCCCC=C[SiH2]O. The van der Waals surface area contributed by atoms with Gasteiger partial charge in [-0.3, -0.25) is 0 Å². The fourth-order valence-corrected chi connectivity index (χ4v) is 0.899. The molecule has 0 aliphatic heterocycles. The lowest BCUT2D eigenvalue weighted by molar-refractivity contribution is 0.614. The molecule has 1 nitrogen and oxygen atoms in total. The molecular weight excluding hydrogens is 116 g/mol. The van der Waals surface area contributed by atoms with E-state index in [1.54, 1.807) is 0 Å². The van der Waals surface area contributed by atoms with Crippen LogP contribution in [-0.2, 0) is 0 Å². The summed E-state index contributed by atoms with van der Waals surface area (Å²) in [6, 6.07) is 0. The van der Waals surface area contributed by atoms with E-state index in [0.717, 1.165) is 6.42 Å². The molecule has 0 radical (unpaired) electrons. The Morgan fingerprint density at radius 1 is 1.62 bits per heavy atom. The number of hydrogen-bond acceptors (Lipinski definition) is 1. The van der Waals surface area contributed by atoms with Gasteiger partial charge in [-0.25, -0.2) is 0 Å². The summed E-state index contributed by atoms with van der Waals surface area (Å²) < 4.78 is 0. The van der Waals surface area contributed by atoms with Gasteiger partial charge in [-0.15, -0.1) is 0 Å². The summed E-state index contributed by atoms with van der Waals surface area (Å²) in [7, 11) is -0.795. The topological polar surface area (TPSA) is 20.2 Å². The van der Waals surface area contributed by atoms with Crippen LogP contribution in [0.5, 0.6) is 0 Å². The Labute approximate surface area is 53.4 Å². The van der Waals surface area contributed by atoms with Crippen LogP contribution in [-0.4, -0.2) is 14.6 Å². The minimum absolute atomic E-state index is 0.795. The van der Waals surface area contributed by atoms with E-state index in [-0.39, 0.29) is 0 Å². The smallest absolute Gasteiger partial charge is 0.180 e. The zero-order chi connectivity index (χ0) is 6.24. The van der Waals surface area contributed by atoms with Crippen LogP contribution in [0.15, 0.2) is 11.8 Å². The Hall–Kier alpha value is -0.0831. The molecule has 2 heteroatoms. The molecule has 0 aliphatic carbocycles. The first kappa shape index (κ1) is 7.92. The third kappa shape index (κ3) is 5.92. The molecule has 0 amide bonds. The van der Waals surface area contributed by atoms with E-state index in [0.29, 0.717) is 0 Å². The Balaban J connectivity index is 2.80. The highest BCUT2D eigenvalue weighted by Gasteiger charge is 1.75. The van der Waals surface area contributed by atoms with Crippen molar-refractivity contribution < 1.29 is 4.80 Å². The highest BCUT2D eigenvalue weighted by Crippen LogP contribution is 1.93. The van der Waals surface area contributed by atoms with E-state index in [2.05, 4.69) is 13.0 Å². The van der Waals surface area contributed by atoms with E-state index in [1.807, 2.05) is 5.70 Å². The maximum atomic E-state index is 8.42. The average molecular weight is 130 g/mol. The predicted molar refractivity (Wildman–Crippen MR) is 39.4 cm³/mol. The van der Waals surface area contributed by atoms with Crippen molar-refractivity contribution in [2.75, 3.05) is 0 Å². The first-order chi connectivity index (χ1) is 3.91. The summed E-state index contributed by atoms with van der Waals surface area (Å²) in [4.78, 5) is 8.42. The van der Waals surface area contributed by atoms with Crippen molar-refractivity contribution in [2.45, 2.75) is 26.2 Å². The lowest BCUT2D eigenvalue weighted by atomic mass is 10.2. The van der Waals surface area contributed by atoms with Crippen molar-refractivity contribution in [3.05, 3.63) is 11.8 Å². The van der Waals surface area contributed by atoms with Crippen LogP contribution in [0, 0.1) is 0 Å². The van der Waals surface area contributed by atoms with Crippen LogP contribution in [0.25, 0.3) is 0 Å². The van der Waals surface area contributed by atoms with Crippen molar-refractivity contribution in [1.82, 2.24) is 0 Å². The Kier molecular flexibility index (Phi) is 6.85. The van der Waals surface area contributed by atoms with Gasteiger partial charge >= 0.3 is 0 Å². The summed E-state index contributed by atoms with van der Waals surface area (Å²) in [5.41, 5.74) is 1.93. The van der Waals surface area contributed by atoms with E-state index in [9.17, 15) is 0 Å². The molecule has 1 N–H and O–H groups in total. The third-order valence-corrected chi connectivity index (χ3v) is 1.54. The molecule has 0 fully saturated rings. The molecule has 0 spiro atoms. The van der Waals surface area contributed by atoms with Gasteiger partial charge in [-0.05, 0) is 6.42 Å². The molecule has 0 unspecified atom stereocenters. The molecule has 8 heavy (non-hydrogen) atoms. The standard InChI is InChI=1S/C6H14OSi/c1-2-3-4-5-6-8-7/h5-7H,2-4,8H2,1H3. The van der Waals surface area contributed by atoms with Gasteiger partial charge in [0.25, 0.3) is 0 Å². The van der Waals surface area contributed by atoms with Gasteiger partial charge in [0, 0.05) is 0 Å². The van der Waals surface area contributed by atoms with Crippen LogP contribution >= 0.6 is 0 Å². The van der Waals surface area contributed by atoms with Gasteiger partial charge in [-0.1, -0.05) is 31.5 Å². The van der Waals surface area contributed by atoms with E-state index >= 15 is 0 Å². The fraction of sp³-hybridized carbons (Fsp3) is 0.667. The van der Waals surface area contributed by atoms with Crippen LogP contribution in [0.4, 0.5) is 0 Å². The second-order valence-electron chi connectivity index (χ2n) is 1.80. The van der Waals surface area contributed by atoms with Crippen LogP contribution < -0.4 is 0 Å². The lowest BCUT2D eigenvalue weighted by Crippen LogP contribution is -1.77. The molecule has 0 aromatic rings. The second kappa shape index (κ2) is 6.92. The molecule has 0 heterocycles. The minimum Gasteiger partial charge on any atom is -0.434 e. The summed E-state index contributed by atoms with van der Waals surface area (Å²) in [6.07, 6.45) is 5.72. The predicted octanol–water partition coefficient (Wildman–Crippen LogP) is 0.766. The molecule has 0 saturated carbocycles. The van der Waals surface area contributed by atoms with Gasteiger partial charge in [-0.2, -0.15) is 0 Å². The Bertz CT molecular complexity index is 61.5. The molecular formula is C6H14OSi. The minimum atomic E-state index is -0.795. The molecule has 0 saturated heterocycles. The zero-order valence-electron chi connectivity index (χ0n) is 5.43. The molecule has 48 valence electrons. The Morgan fingerprint density at radius 2 is 2.38 bits per heavy atom. The highest BCUT2D eigenvalue weighted by molar-refractivity contribution is 6.32. The van der Waals surface area contributed by atoms with Crippen LogP contribution in [0.1, 0.15) is 26.2 Å². The second-order valence-corrected chi connectivity index (χ2v) is 2.63. The summed E-state index contributed by atoms with van der Waals surface area (Å²) in [5, 5.41) is 0. The van der Waals surface area contributed by atoms with Crippen molar-refractivity contribution in [1.29, 1.82) is 0 Å². The van der Waals surface area contributed by atoms with Crippen molar-refractivity contribution in [3.8, 4) is 0 Å². The summed E-state index contributed by atoms with van der Waals surface area (Å²) in [6.45, 7) is 2.17. The zero-order valence-corrected chi connectivity index (χ0v) is 6.84. The average Bonchev–Trinajstić information content (AvgIpc) is 1.81. The molecule has 0 bridgehead atoms. The van der Waals surface area contributed by atoms with Crippen molar-refractivity contribution in [2.24, 2.45) is 0 Å². The molecule has 0 rings (SSSR count). The van der Waals surface area contributed by atoms with Gasteiger partial charge in [0.15, 0.2) is 9.76 Å². The van der Waals surface area contributed by atoms with Crippen LogP contribution in [0.2, 0.25) is 0 Å². The molecule has 0 atom stereocenters. The maximum absolute atomic E-state index is 8.42. The highest BCUT2D eigenvalue weighted by atomic mass is 28.2. The normalized spacial score (nSPS) is 12.2. The maximum Gasteiger partial charge on any atom is 0.180 e. The van der Waals surface area contributed by atoms with Gasteiger partial charge in [0.05, 0.1) is 0 Å². The molecule has 0 aliphatic rings. The fourth-order valence-electron chi connectivity index (χ4n) is 0.514. The number of hydrogen-bond donors (Lipinski definition) is 1. The van der Waals surface area contributed by atoms with Gasteiger partial charge in [0.1, 0.15) is 0 Å². The van der Waals surface area contributed by atoms with Gasteiger partial charge < -0.3 is 4.80 Å². The van der Waals surface area contributed by atoms with E-state index in [4.69, 9.17) is 4.80 Å². The number of rotatable bonds is 4. The first-order valence-corrected chi connectivity index (χ1v) is 4.62. The molecule has 0 aromatic heterocycles. The number of unbranched alkanes of at least 4 members (excludes halogenated alkanes) is 2. The largest absolute Gasteiger partial charge is 0.434 e. The first-order valence-electron chi connectivity index (χ1n) is 3.17. The summed E-state index contributed by atoms with van der Waals surface area (Å²) in [5.74, 6) is 0. The Morgan fingerprint density at radius 3 is 2.88 bits per heavy atom.